The second kappa shape index (κ2) is 9.98. The number of carbonyl (C=O) groups is 3. The molecule has 10 nitrogen and oxygen atoms in total. The van der Waals surface area contributed by atoms with Crippen molar-refractivity contribution in [2.24, 2.45) is 0 Å². The van der Waals surface area contributed by atoms with Gasteiger partial charge in [0.15, 0.2) is 12.2 Å². The Hall–Kier alpha value is -4.15. The van der Waals surface area contributed by atoms with Crippen molar-refractivity contribution < 1.29 is 39.9 Å². The van der Waals surface area contributed by atoms with E-state index in [-0.39, 0.29) is 12.1 Å². The predicted molar refractivity (Wildman–Crippen MR) is 118 cm³/mol. The topological polar surface area (TPSA) is 184 Å². The SMILES string of the molecule is O=C(O)C(O)C(C(=O)O)c1cc2ccccc2[nH]1.O=C(O)C(O)Cc1cc2ccccc2[nH]1. The molecule has 3 atom stereocenters. The fraction of sp³-hybridized carbons (Fsp3) is 0.174. The Morgan fingerprint density at radius 1 is 0.727 bits per heavy atom. The van der Waals surface area contributed by atoms with Gasteiger partial charge < -0.3 is 35.5 Å². The summed E-state index contributed by atoms with van der Waals surface area (Å²) in [5, 5.41) is 46.7. The van der Waals surface area contributed by atoms with Crippen LogP contribution in [0.25, 0.3) is 21.8 Å². The highest BCUT2D eigenvalue weighted by Gasteiger charge is 2.34. The van der Waals surface area contributed by atoms with E-state index in [9.17, 15) is 24.6 Å². The molecule has 3 unspecified atom stereocenters. The monoisotopic (exact) mass is 454 g/mol. The summed E-state index contributed by atoms with van der Waals surface area (Å²) >= 11 is 0. The number of rotatable bonds is 7. The number of aliphatic carboxylic acids is 3. The van der Waals surface area contributed by atoms with Crippen LogP contribution in [0.1, 0.15) is 17.3 Å². The Bertz CT molecular complexity index is 1230. The number of benzene rings is 2. The number of fused-ring (bicyclic) bond motifs is 2. The summed E-state index contributed by atoms with van der Waals surface area (Å²) in [4.78, 5) is 38.1. The maximum atomic E-state index is 11.1. The number of aliphatic hydroxyl groups is 2. The molecule has 0 fully saturated rings. The van der Waals surface area contributed by atoms with E-state index < -0.39 is 36.0 Å². The molecule has 10 heteroatoms. The molecule has 0 amide bonds. The van der Waals surface area contributed by atoms with Gasteiger partial charge in [-0.15, -0.1) is 0 Å². The number of aliphatic hydroxyl groups excluding tert-OH is 2. The number of carboxylic acids is 3. The summed E-state index contributed by atoms with van der Waals surface area (Å²) < 4.78 is 0. The van der Waals surface area contributed by atoms with Crippen molar-refractivity contribution in [2.75, 3.05) is 0 Å². The van der Waals surface area contributed by atoms with E-state index in [1.807, 2.05) is 30.3 Å². The van der Waals surface area contributed by atoms with Crippen LogP contribution < -0.4 is 0 Å². The van der Waals surface area contributed by atoms with Crippen molar-refractivity contribution in [2.45, 2.75) is 24.5 Å². The summed E-state index contributed by atoms with van der Waals surface area (Å²) in [6.07, 6.45) is -3.24. The molecular weight excluding hydrogens is 432 g/mol. The van der Waals surface area contributed by atoms with Crippen molar-refractivity contribution in [1.29, 1.82) is 0 Å². The van der Waals surface area contributed by atoms with Gasteiger partial charge in [0, 0.05) is 28.8 Å². The minimum absolute atomic E-state index is 0.101. The van der Waals surface area contributed by atoms with Gasteiger partial charge in [-0.3, -0.25) is 4.79 Å². The highest BCUT2D eigenvalue weighted by molar-refractivity contribution is 5.88. The van der Waals surface area contributed by atoms with Crippen molar-refractivity contribution in [3.8, 4) is 0 Å². The number of carboxylic acid groups (broad SMARTS) is 3. The van der Waals surface area contributed by atoms with Gasteiger partial charge in [-0.1, -0.05) is 36.4 Å². The summed E-state index contributed by atoms with van der Waals surface area (Å²) in [5.74, 6) is -5.68. The lowest BCUT2D eigenvalue weighted by molar-refractivity contribution is -0.155. The van der Waals surface area contributed by atoms with Gasteiger partial charge in [-0.2, -0.15) is 0 Å². The summed E-state index contributed by atoms with van der Waals surface area (Å²) in [7, 11) is 0. The normalized spacial score (nSPS) is 13.6. The molecule has 7 N–H and O–H groups in total. The molecule has 0 radical (unpaired) electrons. The Kier molecular flexibility index (Phi) is 7.11. The molecule has 0 saturated heterocycles. The average Bonchev–Trinajstić information content (AvgIpc) is 3.36. The van der Waals surface area contributed by atoms with Crippen LogP contribution in [0.3, 0.4) is 0 Å². The van der Waals surface area contributed by atoms with Crippen LogP contribution in [0.5, 0.6) is 0 Å². The standard InChI is InChI=1S/C12H11NO5.C11H11NO3/c14-10(12(17)18)9(11(15)16)8-5-6-3-1-2-4-7(6)13-8;13-10(11(14)15)6-8-5-7-3-1-2-4-9(7)12-8/h1-5,9-10,13-14H,(H,15,16)(H,17,18);1-5,10,12-13H,6H2,(H,14,15). The zero-order chi connectivity index (χ0) is 24.1. The first-order valence-corrected chi connectivity index (χ1v) is 9.86. The van der Waals surface area contributed by atoms with E-state index in [0.29, 0.717) is 5.52 Å². The largest absolute Gasteiger partial charge is 0.481 e. The molecule has 2 aromatic carbocycles. The van der Waals surface area contributed by atoms with Gasteiger partial charge in [0.25, 0.3) is 0 Å². The van der Waals surface area contributed by atoms with Crippen LogP contribution in [0.15, 0.2) is 60.7 Å². The highest BCUT2D eigenvalue weighted by Crippen LogP contribution is 2.24. The van der Waals surface area contributed by atoms with E-state index in [1.54, 1.807) is 24.3 Å². The highest BCUT2D eigenvalue weighted by atomic mass is 16.4. The van der Waals surface area contributed by atoms with Crippen LogP contribution in [-0.4, -0.2) is 65.6 Å². The molecule has 0 saturated carbocycles. The fourth-order valence-electron chi connectivity index (χ4n) is 3.38. The number of hydrogen-bond donors (Lipinski definition) is 7. The number of aromatic amines is 2. The molecule has 2 heterocycles. The van der Waals surface area contributed by atoms with Crippen LogP contribution in [0.2, 0.25) is 0 Å². The first-order chi connectivity index (χ1) is 15.7. The van der Waals surface area contributed by atoms with Crippen molar-refractivity contribution >= 4 is 39.7 Å². The molecule has 4 rings (SSSR count). The number of H-pyrrole nitrogens is 2. The number of aromatic nitrogens is 2. The van der Waals surface area contributed by atoms with E-state index in [2.05, 4.69) is 9.97 Å². The maximum Gasteiger partial charge on any atom is 0.333 e. The van der Waals surface area contributed by atoms with E-state index >= 15 is 0 Å². The summed E-state index contributed by atoms with van der Waals surface area (Å²) in [5.41, 5.74) is 2.53. The van der Waals surface area contributed by atoms with Crippen LogP contribution in [-0.2, 0) is 20.8 Å². The van der Waals surface area contributed by atoms with Gasteiger partial charge in [0.05, 0.1) is 0 Å². The quantitative estimate of drug-likeness (QED) is 0.221. The van der Waals surface area contributed by atoms with E-state index in [4.69, 9.17) is 15.3 Å². The lowest BCUT2D eigenvalue weighted by Gasteiger charge is -2.13. The van der Waals surface area contributed by atoms with Crippen molar-refractivity contribution in [3.05, 3.63) is 72.1 Å². The minimum Gasteiger partial charge on any atom is -0.481 e. The summed E-state index contributed by atoms with van der Waals surface area (Å²) in [6, 6.07) is 18.1. The molecule has 0 aliphatic rings. The van der Waals surface area contributed by atoms with Crippen LogP contribution in [0.4, 0.5) is 0 Å². The second-order valence-electron chi connectivity index (χ2n) is 7.35. The molecule has 4 aromatic rings. The second-order valence-corrected chi connectivity index (χ2v) is 7.35. The Morgan fingerprint density at radius 3 is 1.76 bits per heavy atom. The number of hydrogen-bond acceptors (Lipinski definition) is 5. The van der Waals surface area contributed by atoms with Crippen molar-refractivity contribution in [1.82, 2.24) is 9.97 Å². The fourth-order valence-corrected chi connectivity index (χ4v) is 3.38. The van der Waals surface area contributed by atoms with Gasteiger partial charge in [-0.25, -0.2) is 9.59 Å². The van der Waals surface area contributed by atoms with Crippen molar-refractivity contribution in [3.63, 3.8) is 0 Å². The third-order valence-corrected chi connectivity index (χ3v) is 5.00. The lowest BCUT2D eigenvalue weighted by Crippen LogP contribution is -2.33. The smallest absolute Gasteiger partial charge is 0.333 e. The molecule has 33 heavy (non-hydrogen) atoms. The zero-order valence-corrected chi connectivity index (χ0v) is 17.2. The van der Waals surface area contributed by atoms with Gasteiger partial charge in [0.2, 0.25) is 0 Å². The average molecular weight is 454 g/mol. The molecule has 0 spiro atoms. The minimum atomic E-state index is -1.99. The zero-order valence-electron chi connectivity index (χ0n) is 17.2. The molecule has 0 bridgehead atoms. The molecule has 2 aromatic heterocycles. The Labute approximate surface area is 186 Å². The first kappa shape index (κ1) is 23.5. The molecular formula is C23H22N2O8. The van der Waals surface area contributed by atoms with Crippen LogP contribution >= 0.6 is 0 Å². The van der Waals surface area contributed by atoms with Crippen LogP contribution in [0, 0.1) is 0 Å². The lowest BCUT2D eigenvalue weighted by atomic mass is 9.99. The van der Waals surface area contributed by atoms with E-state index in [1.165, 1.54) is 6.07 Å². The summed E-state index contributed by atoms with van der Waals surface area (Å²) in [6.45, 7) is 0. The predicted octanol–water partition coefficient (Wildman–Crippen LogP) is 1.94. The van der Waals surface area contributed by atoms with E-state index in [0.717, 1.165) is 22.0 Å². The van der Waals surface area contributed by atoms with Gasteiger partial charge >= 0.3 is 17.9 Å². The maximum absolute atomic E-state index is 11.1. The number of para-hydroxylation sites is 2. The molecule has 0 aliphatic carbocycles. The Morgan fingerprint density at radius 2 is 1.27 bits per heavy atom. The van der Waals surface area contributed by atoms with Gasteiger partial charge in [-0.05, 0) is 35.0 Å². The van der Waals surface area contributed by atoms with Gasteiger partial charge in [0.1, 0.15) is 5.92 Å². The number of nitrogens with one attached hydrogen (secondary N) is 2. The third-order valence-electron chi connectivity index (χ3n) is 5.00. The molecule has 172 valence electrons. The molecule has 0 aliphatic heterocycles. The third kappa shape index (κ3) is 5.56. The first-order valence-electron chi connectivity index (χ1n) is 9.86. The Balaban J connectivity index is 0.000000189.